The number of oxime groups is 1. The Morgan fingerprint density at radius 2 is 2.00 bits per heavy atom. The van der Waals surface area contributed by atoms with Gasteiger partial charge in [-0.2, -0.15) is 0 Å². The van der Waals surface area contributed by atoms with E-state index in [2.05, 4.69) is 42.6 Å². The molecule has 0 atom stereocenters. The highest BCUT2D eigenvalue weighted by Gasteiger charge is 2.00. The molecule has 0 saturated heterocycles. The highest BCUT2D eigenvalue weighted by atomic mass is 32.2. The van der Waals surface area contributed by atoms with Crippen LogP contribution in [0, 0.1) is 0 Å². The van der Waals surface area contributed by atoms with Crippen LogP contribution in [0.4, 0.5) is 0 Å². The Bertz CT molecular complexity index is 319. The second-order valence-corrected chi connectivity index (χ2v) is 4.10. The van der Waals surface area contributed by atoms with Crippen LogP contribution in [0.5, 0.6) is 0 Å². The first-order valence-corrected chi connectivity index (χ1v) is 6.24. The Kier molecular flexibility index (Phi) is 5.26. The lowest BCUT2D eigenvalue weighted by molar-refractivity contribution is 0.212. The first kappa shape index (κ1) is 12.1. The lowest BCUT2D eigenvalue weighted by Crippen LogP contribution is -2.01. The van der Waals surface area contributed by atoms with E-state index < -0.39 is 0 Å². The summed E-state index contributed by atoms with van der Waals surface area (Å²) >= 11 is 1.76. The van der Waals surface area contributed by atoms with Gasteiger partial charge in [0.25, 0.3) is 0 Å². The van der Waals surface area contributed by atoms with Gasteiger partial charge >= 0.3 is 0 Å². The fourth-order valence-corrected chi connectivity index (χ4v) is 1.74. The van der Waals surface area contributed by atoms with Crippen LogP contribution in [0.25, 0.3) is 0 Å². The Hall–Kier alpha value is -0.960. The largest absolute Gasteiger partial charge is 0.399 e. The average molecular weight is 223 g/mol. The second-order valence-electron chi connectivity index (χ2n) is 3.22. The van der Waals surface area contributed by atoms with Crippen molar-refractivity contribution in [1.29, 1.82) is 0 Å². The highest BCUT2D eigenvalue weighted by Crippen LogP contribution is 2.15. The van der Waals surface area contributed by atoms with Crippen LogP contribution in [0.3, 0.4) is 0 Å². The monoisotopic (exact) mass is 223 g/mol. The van der Waals surface area contributed by atoms with E-state index in [9.17, 15) is 0 Å². The molecule has 82 valence electrons. The van der Waals surface area contributed by atoms with Crippen molar-refractivity contribution >= 4 is 17.5 Å². The summed E-state index contributed by atoms with van der Waals surface area (Å²) in [5.41, 5.74) is 2.36. The van der Waals surface area contributed by atoms with E-state index in [0.29, 0.717) is 0 Å². The van der Waals surface area contributed by atoms with E-state index in [1.807, 2.05) is 0 Å². The molecule has 1 rings (SSSR count). The minimum Gasteiger partial charge on any atom is -0.399 e. The van der Waals surface area contributed by atoms with Crippen LogP contribution in [-0.4, -0.2) is 19.1 Å². The van der Waals surface area contributed by atoms with Crippen molar-refractivity contribution in [3.63, 3.8) is 0 Å². The molecule has 1 aromatic rings. The second kappa shape index (κ2) is 6.51. The molecule has 0 N–H and O–H groups in total. The van der Waals surface area contributed by atoms with Crippen LogP contribution in [0.2, 0.25) is 0 Å². The van der Waals surface area contributed by atoms with E-state index in [0.717, 1.165) is 18.6 Å². The quantitative estimate of drug-likeness (QED) is 0.433. The van der Waals surface area contributed by atoms with Gasteiger partial charge in [0.15, 0.2) is 0 Å². The Labute approximate surface area is 95.7 Å². The van der Waals surface area contributed by atoms with Gasteiger partial charge in [-0.25, -0.2) is 0 Å². The van der Waals surface area contributed by atoms with Crippen LogP contribution in [0.1, 0.15) is 18.9 Å². The molecule has 15 heavy (non-hydrogen) atoms. The number of thioether (sulfide) groups is 1. The number of rotatable bonds is 5. The maximum Gasteiger partial charge on any atom is 0.106 e. The van der Waals surface area contributed by atoms with Gasteiger partial charge in [0, 0.05) is 11.3 Å². The fraction of sp³-hybridized carbons (Fsp3) is 0.417. The molecule has 2 nitrogen and oxygen atoms in total. The van der Waals surface area contributed by atoms with Gasteiger partial charge in [0.05, 0.1) is 5.71 Å². The Balaban J connectivity index is 2.67. The van der Waals surface area contributed by atoms with E-state index in [1.54, 1.807) is 18.9 Å². The zero-order valence-corrected chi connectivity index (χ0v) is 10.3. The third kappa shape index (κ3) is 3.96. The molecular weight excluding hydrogens is 206 g/mol. The van der Waals surface area contributed by atoms with E-state index in [1.165, 1.54) is 10.5 Å². The Morgan fingerprint density at radius 1 is 1.33 bits per heavy atom. The van der Waals surface area contributed by atoms with E-state index >= 15 is 0 Å². The lowest BCUT2D eigenvalue weighted by atomic mass is 10.1. The minimum atomic E-state index is 0.874. The first-order chi connectivity index (χ1) is 7.30. The molecule has 1 aromatic carbocycles. The molecule has 3 heteroatoms. The summed E-state index contributed by atoms with van der Waals surface area (Å²) in [6.45, 7) is 2.09. The van der Waals surface area contributed by atoms with Crippen molar-refractivity contribution in [2.75, 3.05) is 13.4 Å². The smallest absolute Gasteiger partial charge is 0.106 e. The minimum absolute atomic E-state index is 0.874. The van der Waals surface area contributed by atoms with Gasteiger partial charge in [0.2, 0.25) is 0 Å². The summed E-state index contributed by atoms with van der Waals surface area (Å²) in [5, 5.41) is 3.99. The summed E-state index contributed by atoms with van der Waals surface area (Å²) in [6, 6.07) is 8.57. The van der Waals surface area contributed by atoms with Gasteiger partial charge in [-0.3, -0.25) is 0 Å². The molecule has 0 spiro atoms. The van der Waals surface area contributed by atoms with Crippen molar-refractivity contribution < 1.29 is 4.84 Å². The standard InChI is InChI=1S/C12H17NOS/c1-4-11(13-14-2)9-10-5-7-12(15-3)8-6-10/h5-8H,4,9H2,1-3H3/b13-11+. The van der Waals surface area contributed by atoms with Crippen LogP contribution >= 0.6 is 11.8 Å². The maximum atomic E-state index is 4.80. The molecule has 0 radical (unpaired) electrons. The molecule has 0 aromatic heterocycles. The molecule has 0 aliphatic heterocycles. The average Bonchev–Trinajstić information content (AvgIpc) is 2.29. The third-order valence-electron chi connectivity index (χ3n) is 2.20. The highest BCUT2D eigenvalue weighted by molar-refractivity contribution is 7.98. The fourth-order valence-electron chi connectivity index (χ4n) is 1.33. The van der Waals surface area contributed by atoms with Crippen LogP contribution < -0.4 is 0 Å². The zero-order valence-electron chi connectivity index (χ0n) is 9.49. The summed E-state index contributed by atoms with van der Waals surface area (Å²) in [6.07, 6.45) is 3.88. The van der Waals surface area contributed by atoms with Gasteiger partial charge in [0.1, 0.15) is 7.11 Å². The molecular formula is C12H17NOS. The summed E-state index contributed by atoms with van der Waals surface area (Å²) in [7, 11) is 1.59. The molecule has 0 fully saturated rings. The third-order valence-corrected chi connectivity index (χ3v) is 2.94. The molecule has 0 saturated carbocycles. The molecule has 0 amide bonds. The Morgan fingerprint density at radius 3 is 2.47 bits per heavy atom. The summed E-state index contributed by atoms with van der Waals surface area (Å²) < 4.78 is 0. The van der Waals surface area contributed by atoms with Gasteiger partial charge in [-0.05, 0) is 30.4 Å². The molecule has 0 bridgehead atoms. The lowest BCUT2D eigenvalue weighted by Gasteiger charge is -2.04. The molecule has 0 aliphatic carbocycles. The molecule has 0 unspecified atom stereocenters. The molecule has 0 heterocycles. The number of hydrogen-bond donors (Lipinski definition) is 0. The first-order valence-electron chi connectivity index (χ1n) is 5.02. The van der Waals surface area contributed by atoms with Crippen LogP contribution in [-0.2, 0) is 11.3 Å². The van der Waals surface area contributed by atoms with Gasteiger partial charge < -0.3 is 4.84 Å². The van der Waals surface area contributed by atoms with E-state index in [-0.39, 0.29) is 0 Å². The summed E-state index contributed by atoms with van der Waals surface area (Å²) in [4.78, 5) is 6.09. The van der Waals surface area contributed by atoms with Crippen LogP contribution in [0.15, 0.2) is 34.3 Å². The van der Waals surface area contributed by atoms with Crippen molar-refractivity contribution in [1.82, 2.24) is 0 Å². The van der Waals surface area contributed by atoms with E-state index in [4.69, 9.17) is 4.84 Å². The molecule has 0 aliphatic rings. The number of benzene rings is 1. The number of hydrogen-bond acceptors (Lipinski definition) is 3. The van der Waals surface area contributed by atoms with Crippen molar-refractivity contribution in [3.8, 4) is 0 Å². The van der Waals surface area contributed by atoms with Gasteiger partial charge in [-0.15, -0.1) is 11.8 Å². The van der Waals surface area contributed by atoms with Crippen molar-refractivity contribution in [2.45, 2.75) is 24.7 Å². The van der Waals surface area contributed by atoms with Gasteiger partial charge in [-0.1, -0.05) is 24.2 Å². The maximum absolute atomic E-state index is 4.80. The van der Waals surface area contributed by atoms with Crippen molar-refractivity contribution in [2.24, 2.45) is 5.16 Å². The SMILES string of the molecule is CC/C(Cc1ccc(SC)cc1)=N\OC. The normalized spacial score (nSPS) is 11.5. The predicted octanol–water partition coefficient (Wildman–Crippen LogP) is 3.36. The number of nitrogens with zero attached hydrogens (tertiary/aromatic N) is 1. The predicted molar refractivity (Wildman–Crippen MR) is 66.7 cm³/mol. The van der Waals surface area contributed by atoms with Crippen molar-refractivity contribution in [3.05, 3.63) is 29.8 Å². The topological polar surface area (TPSA) is 21.6 Å². The zero-order chi connectivity index (χ0) is 11.1. The summed E-state index contributed by atoms with van der Waals surface area (Å²) in [5.74, 6) is 0.